The van der Waals surface area contributed by atoms with Crippen molar-refractivity contribution in [1.82, 2.24) is 0 Å². The molecule has 92 valence electrons. The smallest absolute Gasteiger partial charge is 0.335 e. The fraction of sp³-hybridized carbons (Fsp3) is 0.133. The van der Waals surface area contributed by atoms with Gasteiger partial charge in [0, 0.05) is 0 Å². The van der Waals surface area contributed by atoms with E-state index in [1.807, 2.05) is 19.9 Å². The van der Waals surface area contributed by atoms with Crippen molar-refractivity contribution in [3.8, 4) is 11.1 Å². The van der Waals surface area contributed by atoms with Crippen molar-refractivity contribution in [3.63, 3.8) is 0 Å². The van der Waals surface area contributed by atoms with E-state index in [-0.39, 0.29) is 11.4 Å². The number of carboxylic acids is 1. The molecule has 0 spiro atoms. The van der Waals surface area contributed by atoms with E-state index in [9.17, 15) is 9.18 Å². The SMILES string of the molecule is Cc1cc(F)cc(-c2ccc(C(=O)O)cc2C)c1. The van der Waals surface area contributed by atoms with Gasteiger partial charge in [0.25, 0.3) is 0 Å². The summed E-state index contributed by atoms with van der Waals surface area (Å²) in [6.45, 7) is 3.65. The van der Waals surface area contributed by atoms with Crippen molar-refractivity contribution in [2.45, 2.75) is 13.8 Å². The molecule has 0 aromatic heterocycles. The summed E-state index contributed by atoms with van der Waals surface area (Å²) in [4.78, 5) is 10.8. The second-order valence-electron chi connectivity index (χ2n) is 4.35. The number of aromatic carboxylic acids is 1. The first kappa shape index (κ1) is 12.3. The lowest BCUT2D eigenvalue weighted by Gasteiger charge is -2.08. The number of rotatable bonds is 2. The van der Waals surface area contributed by atoms with Crippen molar-refractivity contribution in [1.29, 1.82) is 0 Å². The Balaban J connectivity index is 2.54. The van der Waals surface area contributed by atoms with Crippen LogP contribution < -0.4 is 0 Å². The van der Waals surface area contributed by atoms with E-state index in [4.69, 9.17) is 5.11 Å². The van der Waals surface area contributed by atoms with Gasteiger partial charge >= 0.3 is 5.97 Å². The molecule has 2 aromatic carbocycles. The molecule has 2 nitrogen and oxygen atoms in total. The van der Waals surface area contributed by atoms with E-state index < -0.39 is 5.97 Å². The summed E-state index contributed by atoms with van der Waals surface area (Å²) < 4.78 is 13.4. The van der Waals surface area contributed by atoms with Gasteiger partial charge in [-0.25, -0.2) is 9.18 Å². The molecule has 0 saturated heterocycles. The van der Waals surface area contributed by atoms with Crippen molar-refractivity contribution in [2.24, 2.45) is 0 Å². The Labute approximate surface area is 105 Å². The van der Waals surface area contributed by atoms with Crippen LogP contribution in [0.25, 0.3) is 11.1 Å². The van der Waals surface area contributed by atoms with E-state index >= 15 is 0 Å². The standard InChI is InChI=1S/C15H13FO2/c1-9-5-12(8-13(16)6-9)14-4-3-11(15(17)18)7-10(14)2/h3-8H,1-2H3,(H,17,18). The molecule has 2 aromatic rings. The molecular formula is C15H13FO2. The fourth-order valence-corrected chi connectivity index (χ4v) is 2.01. The topological polar surface area (TPSA) is 37.3 Å². The molecule has 0 radical (unpaired) electrons. The third kappa shape index (κ3) is 2.40. The maximum absolute atomic E-state index is 13.4. The Bertz CT molecular complexity index is 598. The normalized spacial score (nSPS) is 10.4. The number of carbonyl (C=O) groups is 1. The zero-order valence-electron chi connectivity index (χ0n) is 10.2. The molecule has 0 saturated carbocycles. The van der Waals surface area contributed by atoms with Crippen LogP contribution in [0.1, 0.15) is 21.5 Å². The Morgan fingerprint density at radius 1 is 1.11 bits per heavy atom. The van der Waals surface area contributed by atoms with E-state index in [1.165, 1.54) is 18.2 Å². The van der Waals surface area contributed by atoms with Crippen LogP contribution >= 0.6 is 0 Å². The van der Waals surface area contributed by atoms with Gasteiger partial charge in [-0.15, -0.1) is 0 Å². The molecule has 0 fully saturated rings. The molecule has 0 aliphatic carbocycles. The van der Waals surface area contributed by atoms with Crippen LogP contribution in [-0.4, -0.2) is 11.1 Å². The zero-order valence-corrected chi connectivity index (χ0v) is 10.2. The van der Waals surface area contributed by atoms with Gasteiger partial charge in [0.1, 0.15) is 5.82 Å². The highest BCUT2D eigenvalue weighted by atomic mass is 19.1. The number of carboxylic acid groups (broad SMARTS) is 1. The highest BCUT2D eigenvalue weighted by Crippen LogP contribution is 2.26. The largest absolute Gasteiger partial charge is 0.478 e. The first-order valence-electron chi connectivity index (χ1n) is 5.59. The van der Waals surface area contributed by atoms with Crippen LogP contribution in [0.2, 0.25) is 0 Å². The van der Waals surface area contributed by atoms with Crippen LogP contribution in [0.4, 0.5) is 4.39 Å². The summed E-state index contributed by atoms with van der Waals surface area (Å²) in [6.07, 6.45) is 0. The van der Waals surface area contributed by atoms with Gasteiger partial charge in [-0.05, 0) is 60.4 Å². The van der Waals surface area contributed by atoms with Crippen LogP contribution in [-0.2, 0) is 0 Å². The summed E-state index contributed by atoms with van der Waals surface area (Å²) >= 11 is 0. The van der Waals surface area contributed by atoms with E-state index in [0.717, 1.165) is 22.3 Å². The molecule has 0 heterocycles. The van der Waals surface area contributed by atoms with Crippen LogP contribution in [0.3, 0.4) is 0 Å². The molecule has 18 heavy (non-hydrogen) atoms. The predicted octanol–water partition coefficient (Wildman–Crippen LogP) is 3.81. The van der Waals surface area contributed by atoms with Gasteiger partial charge in [-0.2, -0.15) is 0 Å². The maximum atomic E-state index is 13.4. The minimum Gasteiger partial charge on any atom is -0.478 e. The van der Waals surface area contributed by atoms with Gasteiger partial charge in [0.15, 0.2) is 0 Å². The Kier molecular flexibility index (Phi) is 3.15. The Morgan fingerprint density at radius 3 is 2.39 bits per heavy atom. The number of benzene rings is 2. The quantitative estimate of drug-likeness (QED) is 0.872. The van der Waals surface area contributed by atoms with Crippen molar-refractivity contribution < 1.29 is 14.3 Å². The Hall–Kier alpha value is -2.16. The Morgan fingerprint density at radius 2 is 1.83 bits per heavy atom. The molecule has 0 aliphatic rings. The summed E-state index contributed by atoms with van der Waals surface area (Å²) in [5.74, 6) is -1.24. The molecular weight excluding hydrogens is 231 g/mol. The first-order valence-corrected chi connectivity index (χ1v) is 5.59. The first-order chi connectivity index (χ1) is 8.47. The second-order valence-corrected chi connectivity index (χ2v) is 4.35. The second kappa shape index (κ2) is 4.61. The highest BCUT2D eigenvalue weighted by Gasteiger charge is 2.08. The van der Waals surface area contributed by atoms with Gasteiger partial charge < -0.3 is 5.11 Å². The molecule has 0 aliphatic heterocycles. The fourth-order valence-electron chi connectivity index (χ4n) is 2.01. The minimum atomic E-state index is -0.958. The summed E-state index contributed by atoms with van der Waals surface area (Å²) in [6, 6.07) is 9.64. The van der Waals surface area contributed by atoms with Gasteiger partial charge in [0.2, 0.25) is 0 Å². The maximum Gasteiger partial charge on any atom is 0.335 e. The summed E-state index contributed by atoms with van der Waals surface area (Å²) in [5, 5.41) is 8.90. The molecule has 0 atom stereocenters. The van der Waals surface area contributed by atoms with Crippen molar-refractivity contribution >= 4 is 5.97 Å². The highest BCUT2D eigenvalue weighted by molar-refractivity contribution is 5.89. The number of hydrogen-bond acceptors (Lipinski definition) is 1. The molecule has 0 amide bonds. The summed E-state index contributed by atoms with van der Waals surface area (Å²) in [7, 11) is 0. The molecule has 0 bridgehead atoms. The number of aryl methyl sites for hydroxylation is 2. The average Bonchev–Trinajstić information content (AvgIpc) is 2.27. The lowest BCUT2D eigenvalue weighted by atomic mass is 9.97. The van der Waals surface area contributed by atoms with Gasteiger partial charge in [-0.3, -0.25) is 0 Å². The molecule has 3 heteroatoms. The van der Waals surface area contributed by atoms with Crippen LogP contribution in [0.15, 0.2) is 36.4 Å². The zero-order chi connectivity index (χ0) is 13.3. The molecule has 1 N–H and O–H groups in total. The van der Waals surface area contributed by atoms with Crippen molar-refractivity contribution in [3.05, 3.63) is 58.9 Å². The lowest BCUT2D eigenvalue weighted by Crippen LogP contribution is -1.97. The van der Waals surface area contributed by atoms with E-state index in [2.05, 4.69) is 0 Å². The van der Waals surface area contributed by atoms with E-state index in [1.54, 1.807) is 12.1 Å². The van der Waals surface area contributed by atoms with E-state index in [0.29, 0.717) is 0 Å². The average molecular weight is 244 g/mol. The summed E-state index contributed by atoms with van der Waals surface area (Å²) in [5.41, 5.74) is 3.51. The number of hydrogen-bond donors (Lipinski definition) is 1. The van der Waals surface area contributed by atoms with Crippen LogP contribution in [0, 0.1) is 19.7 Å². The lowest BCUT2D eigenvalue weighted by molar-refractivity contribution is 0.0697. The van der Waals surface area contributed by atoms with Gasteiger partial charge in [0.05, 0.1) is 5.56 Å². The van der Waals surface area contributed by atoms with Crippen molar-refractivity contribution in [2.75, 3.05) is 0 Å². The monoisotopic (exact) mass is 244 g/mol. The third-order valence-electron chi connectivity index (χ3n) is 2.83. The van der Waals surface area contributed by atoms with Crippen LogP contribution in [0.5, 0.6) is 0 Å². The minimum absolute atomic E-state index is 0.240. The third-order valence-corrected chi connectivity index (χ3v) is 2.83. The van der Waals surface area contributed by atoms with Gasteiger partial charge in [-0.1, -0.05) is 12.1 Å². The number of halogens is 1. The predicted molar refractivity (Wildman–Crippen MR) is 68.3 cm³/mol. The molecule has 0 unspecified atom stereocenters. The molecule has 2 rings (SSSR count).